The third kappa shape index (κ3) is 1.88. The molecule has 1 aromatic heterocycles. The number of furan rings is 1. The first-order valence-electron chi connectivity index (χ1n) is 4.73. The summed E-state index contributed by atoms with van der Waals surface area (Å²) in [6.07, 6.45) is 1.47. The number of benzene rings is 1. The molecule has 16 heavy (non-hydrogen) atoms. The van der Waals surface area contributed by atoms with E-state index in [1.165, 1.54) is 6.26 Å². The summed E-state index contributed by atoms with van der Waals surface area (Å²) in [5.74, 6) is 0.157. The molecule has 82 valence electrons. The summed E-state index contributed by atoms with van der Waals surface area (Å²) in [6.45, 7) is 1.86. The van der Waals surface area contributed by atoms with Crippen LogP contribution in [0.25, 0.3) is 0 Å². The molecule has 0 unspecified atom stereocenters. The first-order chi connectivity index (χ1) is 7.59. The molecular weight excluding hydrogens is 270 g/mol. The molecular formula is C12H10BrNO2. The fraction of sp³-hybridized carbons (Fsp3) is 0.0833. The SMILES string of the molecule is Cc1cc(C(=O)c2occc2Br)ccc1N. The van der Waals surface area contributed by atoms with Crippen molar-refractivity contribution < 1.29 is 9.21 Å². The average molecular weight is 280 g/mol. The zero-order valence-electron chi connectivity index (χ0n) is 8.66. The van der Waals surface area contributed by atoms with E-state index in [0.717, 1.165) is 5.56 Å². The van der Waals surface area contributed by atoms with Crippen molar-refractivity contribution in [3.8, 4) is 0 Å². The third-order valence-corrected chi connectivity index (χ3v) is 2.98. The number of nitrogen functional groups attached to an aromatic ring is 1. The molecule has 0 atom stereocenters. The molecule has 0 bridgehead atoms. The summed E-state index contributed by atoms with van der Waals surface area (Å²) in [7, 11) is 0. The summed E-state index contributed by atoms with van der Waals surface area (Å²) in [6, 6.07) is 6.86. The van der Waals surface area contributed by atoms with Gasteiger partial charge in [-0.3, -0.25) is 4.79 Å². The molecule has 2 rings (SSSR count). The minimum atomic E-state index is -0.153. The lowest BCUT2D eigenvalue weighted by molar-refractivity contribution is 0.101. The lowest BCUT2D eigenvalue weighted by Gasteiger charge is -2.03. The van der Waals surface area contributed by atoms with Gasteiger partial charge >= 0.3 is 0 Å². The Labute approximate surface area is 101 Å². The van der Waals surface area contributed by atoms with Crippen LogP contribution in [0.1, 0.15) is 21.7 Å². The lowest BCUT2D eigenvalue weighted by Crippen LogP contribution is -2.02. The fourth-order valence-electron chi connectivity index (χ4n) is 1.40. The largest absolute Gasteiger partial charge is 0.460 e. The van der Waals surface area contributed by atoms with Crippen LogP contribution in [0.5, 0.6) is 0 Å². The van der Waals surface area contributed by atoms with Crippen LogP contribution < -0.4 is 5.73 Å². The van der Waals surface area contributed by atoms with Gasteiger partial charge in [0.2, 0.25) is 5.78 Å². The van der Waals surface area contributed by atoms with Gasteiger partial charge in [-0.1, -0.05) is 0 Å². The molecule has 2 aromatic rings. The van der Waals surface area contributed by atoms with Gasteiger partial charge < -0.3 is 10.2 Å². The number of hydrogen-bond acceptors (Lipinski definition) is 3. The van der Waals surface area contributed by atoms with Gasteiger partial charge in [0.05, 0.1) is 10.7 Å². The Morgan fingerprint density at radius 2 is 2.12 bits per heavy atom. The molecule has 2 N–H and O–H groups in total. The Kier molecular flexibility index (Phi) is 2.83. The Balaban J connectivity index is 2.42. The Hall–Kier alpha value is -1.55. The summed E-state index contributed by atoms with van der Waals surface area (Å²) in [5.41, 5.74) is 7.82. The number of rotatable bonds is 2. The van der Waals surface area contributed by atoms with E-state index in [0.29, 0.717) is 21.5 Å². The minimum Gasteiger partial charge on any atom is -0.460 e. The standard InChI is InChI=1S/C12H10BrNO2/c1-7-6-8(2-3-10(7)14)11(15)12-9(13)4-5-16-12/h2-6H,14H2,1H3. The molecule has 0 saturated heterocycles. The molecule has 0 spiro atoms. The number of ketones is 1. The van der Waals surface area contributed by atoms with Crippen molar-refractivity contribution in [3.05, 3.63) is 51.9 Å². The second kappa shape index (κ2) is 4.14. The molecule has 0 radical (unpaired) electrons. The summed E-state index contributed by atoms with van der Waals surface area (Å²) in [5, 5.41) is 0. The maximum Gasteiger partial charge on any atom is 0.229 e. The van der Waals surface area contributed by atoms with Crippen LogP contribution >= 0.6 is 15.9 Å². The number of nitrogens with two attached hydrogens (primary N) is 1. The van der Waals surface area contributed by atoms with Crippen molar-refractivity contribution in [1.29, 1.82) is 0 Å². The fourth-order valence-corrected chi connectivity index (χ4v) is 1.79. The molecule has 1 aromatic carbocycles. The topological polar surface area (TPSA) is 56.2 Å². The molecule has 0 saturated carbocycles. The van der Waals surface area contributed by atoms with Crippen LogP contribution in [0.15, 0.2) is 39.4 Å². The van der Waals surface area contributed by atoms with E-state index in [9.17, 15) is 4.79 Å². The highest BCUT2D eigenvalue weighted by atomic mass is 79.9. The minimum absolute atomic E-state index is 0.153. The van der Waals surface area contributed by atoms with E-state index in [1.807, 2.05) is 6.92 Å². The maximum absolute atomic E-state index is 12.0. The van der Waals surface area contributed by atoms with Crippen molar-refractivity contribution in [1.82, 2.24) is 0 Å². The van der Waals surface area contributed by atoms with Crippen molar-refractivity contribution >= 4 is 27.4 Å². The van der Waals surface area contributed by atoms with Crippen LogP contribution in [0.3, 0.4) is 0 Å². The van der Waals surface area contributed by atoms with Gasteiger partial charge in [0.15, 0.2) is 5.76 Å². The zero-order valence-corrected chi connectivity index (χ0v) is 10.2. The second-order valence-corrected chi connectivity index (χ2v) is 4.35. The van der Waals surface area contributed by atoms with Gasteiger partial charge in [-0.2, -0.15) is 0 Å². The van der Waals surface area contributed by atoms with E-state index in [1.54, 1.807) is 24.3 Å². The van der Waals surface area contributed by atoms with Crippen molar-refractivity contribution in [3.63, 3.8) is 0 Å². The Morgan fingerprint density at radius 1 is 1.38 bits per heavy atom. The van der Waals surface area contributed by atoms with Crippen LogP contribution in [0.2, 0.25) is 0 Å². The smallest absolute Gasteiger partial charge is 0.229 e. The Morgan fingerprint density at radius 3 is 2.69 bits per heavy atom. The summed E-state index contributed by atoms with van der Waals surface area (Å²) < 4.78 is 5.78. The number of hydrogen-bond donors (Lipinski definition) is 1. The normalized spacial score (nSPS) is 10.4. The first kappa shape index (κ1) is 11.0. The van der Waals surface area contributed by atoms with Crippen LogP contribution in [-0.2, 0) is 0 Å². The highest BCUT2D eigenvalue weighted by molar-refractivity contribution is 9.10. The highest BCUT2D eigenvalue weighted by Crippen LogP contribution is 2.22. The summed E-state index contributed by atoms with van der Waals surface area (Å²) in [4.78, 5) is 12.0. The van der Waals surface area contributed by atoms with E-state index in [-0.39, 0.29) is 5.78 Å². The van der Waals surface area contributed by atoms with Crippen molar-refractivity contribution in [2.24, 2.45) is 0 Å². The van der Waals surface area contributed by atoms with Gasteiger partial charge in [0, 0.05) is 11.3 Å². The van der Waals surface area contributed by atoms with Gasteiger partial charge in [0.25, 0.3) is 0 Å². The lowest BCUT2D eigenvalue weighted by atomic mass is 10.1. The zero-order chi connectivity index (χ0) is 11.7. The highest BCUT2D eigenvalue weighted by Gasteiger charge is 2.16. The third-order valence-electron chi connectivity index (χ3n) is 2.36. The van der Waals surface area contributed by atoms with Crippen LogP contribution in [0.4, 0.5) is 5.69 Å². The molecule has 0 aliphatic rings. The molecule has 0 fully saturated rings. The monoisotopic (exact) mass is 279 g/mol. The molecule has 0 amide bonds. The maximum atomic E-state index is 12.0. The van der Waals surface area contributed by atoms with Crippen LogP contribution in [0, 0.1) is 6.92 Å². The number of anilines is 1. The molecule has 4 heteroatoms. The molecule has 0 aliphatic heterocycles. The molecule has 1 heterocycles. The Bertz CT molecular complexity index is 546. The second-order valence-electron chi connectivity index (χ2n) is 3.50. The van der Waals surface area contributed by atoms with Gasteiger partial charge in [-0.15, -0.1) is 0 Å². The van der Waals surface area contributed by atoms with Gasteiger partial charge in [0.1, 0.15) is 0 Å². The molecule has 0 aliphatic carbocycles. The summed E-state index contributed by atoms with van der Waals surface area (Å²) >= 11 is 3.26. The van der Waals surface area contributed by atoms with Crippen molar-refractivity contribution in [2.45, 2.75) is 6.92 Å². The first-order valence-corrected chi connectivity index (χ1v) is 5.52. The van der Waals surface area contributed by atoms with Crippen molar-refractivity contribution in [2.75, 3.05) is 5.73 Å². The number of aryl methyl sites for hydroxylation is 1. The predicted molar refractivity (Wildman–Crippen MR) is 65.4 cm³/mol. The van der Waals surface area contributed by atoms with Crippen LogP contribution in [-0.4, -0.2) is 5.78 Å². The molecule has 3 nitrogen and oxygen atoms in total. The van der Waals surface area contributed by atoms with E-state index in [4.69, 9.17) is 10.2 Å². The number of halogens is 1. The quantitative estimate of drug-likeness (QED) is 0.679. The van der Waals surface area contributed by atoms with Gasteiger partial charge in [-0.05, 0) is 52.7 Å². The van der Waals surface area contributed by atoms with E-state index < -0.39 is 0 Å². The average Bonchev–Trinajstić information content (AvgIpc) is 2.67. The van der Waals surface area contributed by atoms with Gasteiger partial charge in [-0.25, -0.2) is 0 Å². The van der Waals surface area contributed by atoms with E-state index >= 15 is 0 Å². The predicted octanol–water partition coefficient (Wildman–Crippen LogP) is 3.16. The number of carbonyl (C=O) groups excluding carboxylic acids is 1. The number of carbonyl (C=O) groups is 1. The van der Waals surface area contributed by atoms with E-state index in [2.05, 4.69) is 15.9 Å².